The minimum Gasteiger partial charge on any atom is -0.437 e. The van der Waals surface area contributed by atoms with Gasteiger partial charge in [-0.05, 0) is 65.1 Å². The molecule has 0 fully saturated rings. The van der Waals surface area contributed by atoms with E-state index in [1.807, 2.05) is 30.3 Å². The first-order valence-electron chi connectivity index (χ1n) is 18.6. The second-order valence-corrected chi connectivity index (χ2v) is 16.0. The summed E-state index contributed by atoms with van der Waals surface area (Å²) in [5.74, 6) is 1.45. The van der Waals surface area contributed by atoms with Gasteiger partial charge in [0.1, 0.15) is 5.58 Å². The maximum atomic E-state index is 6.52. The molecular formula is C48H38N4O. The van der Waals surface area contributed by atoms with E-state index in [2.05, 4.69) is 140 Å². The van der Waals surface area contributed by atoms with E-state index in [0.717, 1.165) is 45.2 Å². The molecule has 5 nitrogen and oxygen atoms in total. The van der Waals surface area contributed by atoms with Gasteiger partial charge in [-0.3, -0.25) is 4.57 Å². The second-order valence-electron chi connectivity index (χ2n) is 16.0. The van der Waals surface area contributed by atoms with Gasteiger partial charge in [-0.2, -0.15) is 4.98 Å². The Bertz CT molecular complexity index is 3120. The van der Waals surface area contributed by atoms with Crippen LogP contribution in [0, 0.1) is 0 Å². The summed E-state index contributed by atoms with van der Waals surface area (Å²) in [6.07, 6.45) is 2.32. The standard InChI is InChI=1S/C48H38N4O/c1-47(2)27-28-48(3,4)42-34(47)20-14-23-38(42)51-36-22-12-9-18-32(36)40-37(51)26-25-31-30-17-8-11-21-35(30)52(43(31)40)45-41-33-19-10-13-24-39(33)53-46(41)50-44(49-45)29-15-6-5-7-16-29/h5-26H,27-28H2,1-4H3. The SMILES string of the molecule is CC1(C)CCC(C)(C)c2c(-n3c4ccccc4c4c3ccc3c5ccccc5n(-c5nc(-c6ccccc6)nc6oc7ccccc7c56)c34)cccc21. The van der Waals surface area contributed by atoms with Crippen molar-refractivity contribution >= 4 is 65.7 Å². The number of furan rings is 1. The zero-order chi connectivity index (χ0) is 35.6. The smallest absolute Gasteiger partial charge is 0.233 e. The van der Waals surface area contributed by atoms with Gasteiger partial charge in [0.25, 0.3) is 0 Å². The molecule has 0 saturated heterocycles. The number of benzene rings is 6. The van der Waals surface area contributed by atoms with Crippen LogP contribution in [0.25, 0.3) is 88.6 Å². The fourth-order valence-corrected chi connectivity index (χ4v) is 9.36. The number of para-hydroxylation sites is 3. The van der Waals surface area contributed by atoms with Crippen LogP contribution >= 0.6 is 0 Å². The van der Waals surface area contributed by atoms with Crippen LogP contribution in [-0.4, -0.2) is 19.1 Å². The summed E-state index contributed by atoms with van der Waals surface area (Å²) in [4.78, 5) is 10.5. The van der Waals surface area contributed by atoms with Crippen LogP contribution in [0.15, 0.2) is 138 Å². The number of aromatic nitrogens is 4. The molecule has 256 valence electrons. The number of nitrogens with zero attached hydrogens (tertiary/aromatic N) is 4. The molecule has 11 rings (SSSR count). The molecule has 4 heterocycles. The average Bonchev–Trinajstić information content (AvgIpc) is 3.84. The highest BCUT2D eigenvalue weighted by molar-refractivity contribution is 6.26. The van der Waals surface area contributed by atoms with Crippen LogP contribution in [0.2, 0.25) is 0 Å². The summed E-state index contributed by atoms with van der Waals surface area (Å²) in [6, 6.07) is 47.7. The van der Waals surface area contributed by atoms with Crippen molar-refractivity contribution in [2.75, 3.05) is 0 Å². The molecule has 0 N–H and O–H groups in total. The Morgan fingerprint density at radius 3 is 2.02 bits per heavy atom. The van der Waals surface area contributed by atoms with Gasteiger partial charge in [-0.1, -0.05) is 131 Å². The number of rotatable bonds is 3. The predicted octanol–water partition coefficient (Wildman–Crippen LogP) is 12.6. The summed E-state index contributed by atoms with van der Waals surface area (Å²) >= 11 is 0. The Labute approximate surface area is 307 Å². The number of hydrogen-bond acceptors (Lipinski definition) is 3. The molecule has 0 spiro atoms. The molecule has 4 aromatic heterocycles. The molecule has 1 aliphatic rings. The van der Waals surface area contributed by atoms with Crippen molar-refractivity contribution in [3.05, 3.63) is 145 Å². The molecule has 5 heteroatoms. The van der Waals surface area contributed by atoms with Crippen LogP contribution in [0.3, 0.4) is 0 Å². The van der Waals surface area contributed by atoms with E-state index >= 15 is 0 Å². The Hall–Kier alpha value is -6.20. The van der Waals surface area contributed by atoms with E-state index in [9.17, 15) is 0 Å². The van der Waals surface area contributed by atoms with Crippen molar-refractivity contribution in [1.82, 2.24) is 19.1 Å². The third-order valence-corrected chi connectivity index (χ3v) is 12.0. The molecule has 10 aromatic rings. The maximum absolute atomic E-state index is 6.52. The van der Waals surface area contributed by atoms with Crippen LogP contribution in [0.5, 0.6) is 0 Å². The van der Waals surface area contributed by atoms with Crippen molar-refractivity contribution in [2.45, 2.75) is 51.4 Å². The summed E-state index contributed by atoms with van der Waals surface area (Å²) in [5, 5.41) is 6.70. The zero-order valence-electron chi connectivity index (χ0n) is 30.3. The van der Waals surface area contributed by atoms with Crippen molar-refractivity contribution in [1.29, 1.82) is 0 Å². The van der Waals surface area contributed by atoms with Crippen molar-refractivity contribution in [3.63, 3.8) is 0 Å². The molecule has 0 aliphatic heterocycles. The van der Waals surface area contributed by atoms with Gasteiger partial charge >= 0.3 is 0 Å². The predicted molar refractivity (Wildman–Crippen MR) is 219 cm³/mol. The Morgan fingerprint density at radius 2 is 1.21 bits per heavy atom. The lowest BCUT2D eigenvalue weighted by Gasteiger charge is -2.43. The molecule has 0 amide bonds. The summed E-state index contributed by atoms with van der Waals surface area (Å²) in [7, 11) is 0. The molecule has 6 aromatic carbocycles. The first-order chi connectivity index (χ1) is 25.8. The van der Waals surface area contributed by atoms with Gasteiger partial charge < -0.3 is 8.98 Å². The average molecular weight is 687 g/mol. The van der Waals surface area contributed by atoms with Crippen LogP contribution < -0.4 is 0 Å². The molecule has 53 heavy (non-hydrogen) atoms. The van der Waals surface area contributed by atoms with Gasteiger partial charge in [0.05, 0.1) is 33.1 Å². The van der Waals surface area contributed by atoms with Crippen molar-refractivity contribution in [2.24, 2.45) is 0 Å². The lowest BCUT2D eigenvalue weighted by molar-refractivity contribution is 0.331. The van der Waals surface area contributed by atoms with E-state index < -0.39 is 0 Å². The van der Waals surface area contributed by atoms with Crippen LogP contribution in [0.4, 0.5) is 0 Å². The fraction of sp³-hybridized carbons (Fsp3) is 0.167. The molecule has 0 atom stereocenters. The normalized spacial score (nSPS) is 15.3. The molecular weight excluding hydrogens is 649 g/mol. The van der Waals surface area contributed by atoms with Gasteiger partial charge in [0, 0.05) is 32.5 Å². The topological polar surface area (TPSA) is 48.8 Å². The Kier molecular flexibility index (Phi) is 6.13. The van der Waals surface area contributed by atoms with E-state index in [-0.39, 0.29) is 10.8 Å². The second kappa shape index (κ2) is 10.7. The monoisotopic (exact) mass is 686 g/mol. The third-order valence-electron chi connectivity index (χ3n) is 12.0. The minimum atomic E-state index is 0.0287. The van der Waals surface area contributed by atoms with Crippen LogP contribution in [-0.2, 0) is 10.8 Å². The highest BCUT2D eigenvalue weighted by Crippen LogP contribution is 2.50. The van der Waals surface area contributed by atoms with Crippen molar-refractivity contribution < 1.29 is 4.42 Å². The van der Waals surface area contributed by atoms with E-state index in [0.29, 0.717) is 11.5 Å². The van der Waals surface area contributed by atoms with Gasteiger partial charge in [-0.15, -0.1) is 0 Å². The summed E-state index contributed by atoms with van der Waals surface area (Å²) in [5.41, 5.74) is 11.2. The summed E-state index contributed by atoms with van der Waals surface area (Å²) < 4.78 is 11.4. The Morgan fingerprint density at radius 1 is 0.528 bits per heavy atom. The Balaban J connectivity index is 1.34. The van der Waals surface area contributed by atoms with E-state index in [1.165, 1.54) is 55.8 Å². The fourth-order valence-electron chi connectivity index (χ4n) is 9.36. The first-order valence-corrected chi connectivity index (χ1v) is 18.6. The number of fused-ring (bicyclic) bond motifs is 11. The zero-order valence-corrected chi connectivity index (χ0v) is 30.3. The molecule has 0 radical (unpaired) electrons. The largest absolute Gasteiger partial charge is 0.437 e. The molecule has 0 unspecified atom stereocenters. The minimum absolute atomic E-state index is 0.0287. The highest BCUT2D eigenvalue weighted by atomic mass is 16.3. The van der Waals surface area contributed by atoms with Crippen LogP contribution in [0.1, 0.15) is 51.7 Å². The number of hydrogen-bond donors (Lipinski definition) is 0. The quantitative estimate of drug-likeness (QED) is 0.186. The maximum Gasteiger partial charge on any atom is 0.233 e. The van der Waals surface area contributed by atoms with Gasteiger partial charge in [-0.25, -0.2) is 4.98 Å². The van der Waals surface area contributed by atoms with Crippen molar-refractivity contribution in [3.8, 4) is 22.9 Å². The first kappa shape index (κ1) is 30.4. The molecule has 0 saturated carbocycles. The molecule has 1 aliphatic carbocycles. The van der Waals surface area contributed by atoms with Gasteiger partial charge in [0.15, 0.2) is 11.6 Å². The lowest BCUT2D eigenvalue weighted by Crippen LogP contribution is -2.35. The molecule has 0 bridgehead atoms. The van der Waals surface area contributed by atoms with Gasteiger partial charge in [0.2, 0.25) is 5.71 Å². The van der Waals surface area contributed by atoms with E-state index in [4.69, 9.17) is 14.4 Å². The highest BCUT2D eigenvalue weighted by Gasteiger charge is 2.39. The lowest BCUT2D eigenvalue weighted by atomic mass is 9.62. The van der Waals surface area contributed by atoms with E-state index in [1.54, 1.807) is 0 Å². The summed E-state index contributed by atoms with van der Waals surface area (Å²) in [6.45, 7) is 9.66. The third kappa shape index (κ3) is 4.19.